The van der Waals surface area contributed by atoms with Crippen molar-refractivity contribution in [1.82, 2.24) is 0 Å². The Hall–Kier alpha value is -1.59. The number of allylic oxidation sites excluding steroid dienone is 3. The van der Waals surface area contributed by atoms with Gasteiger partial charge in [0.2, 0.25) is 5.78 Å². The van der Waals surface area contributed by atoms with Crippen LogP contribution in [0.5, 0.6) is 0 Å². The predicted molar refractivity (Wildman–Crippen MR) is 76.2 cm³/mol. The monoisotopic (exact) mass is 318 g/mol. The van der Waals surface area contributed by atoms with Gasteiger partial charge in [-0.05, 0) is 25.0 Å². The summed E-state index contributed by atoms with van der Waals surface area (Å²) in [5, 5.41) is 0. The molecule has 1 aliphatic rings. The van der Waals surface area contributed by atoms with Crippen LogP contribution in [0.3, 0.4) is 0 Å². The highest BCUT2D eigenvalue weighted by Gasteiger charge is 2.25. The Labute approximate surface area is 128 Å². The van der Waals surface area contributed by atoms with Gasteiger partial charge < -0.3 is 4.74 Å². The van der Waals surface area contributed by atoms with Gasteiger partial charge in [-0.25, -0.2) is 0 Å². The van der Waals surface area contributed by atoms with Crippen molar-refractivity contribution in [2.24, 2.45) is 0 Å². The molecule has 0 saturated carbocycles. The quantitative estimate of drug-likeness (QED) is 0.446. The van der Waals surface area contributed by atoms with Gasteiger partial charge in [-0.3, -0.25) is 9.59 Å². The highest BCUT2D eigenvalue weighted by atomic mass is 19.4. The summed E-state index contributed by atoms with van der Waals surface area (Å²) in [5.74, 6) is -0.475. The lowest BCUT2D eigenvalue weighted by Crippen LogP contribution is -2.11. The highest BCUT2D eigenvalue weighted by Crippen LogP contribution is 2.23. The van der Waals surface area contributed by atoms with Crippen LogP contribution >= 0.6 is 0 Å². The summed E-state index contributed by atoms with van der Waals surface area (Å²) in [6.45, 7) is 0.368. The molecule has 6 heteroatoms. The van der Waals surface area contributed by atoms with Crippen LogP contribution in [0.1, 0.15) is 51.4 Å². The van der Waals surface area contributed by atoms with Crippen LogP contribution in [0, 0.1) is 0 Å². The van der Waals surface area contributed by atoms with Crippen molar-refractivity contribution >= 4 is 11.6 Å². The maximum Gasteiger partial charge on any atom is 0.389 e. The Morgan fingerprint density at radius 2 is 1.45 bits per heavy atom. The second-order valence-electron chi connectivity index (χ2n) is 5.30. The number of ether oxygens (including phenoxy) is 1. The Morgan fingerprint density at radius 3 is 2.09 bits per heavy atom. The normalized spacial score (nSPS) is 15.1. The summed E-state index contributed by atoms with van der Waals surface area (Å²) in [6, 6.07) is 0. The Kier molecular flexibility index (Phi) is 7.91. The summed E-state index contributed by atoms with van der Waals surface area (Å²) in [7, 11) is 0. The molecule has 0 unspecified atom stereocenters. The molecule has 1 aliphatic carbocycles. The van der Waals surface area contributed by atoms with Crippen LogP contribution in [0.25, 0.3) is 0 Å². The van der Waals surface area contributed by atoms with Gasteiger partial charge in [0.1, 0.15) is 0 Å². The average molecular weight is 318 g/mol. The molecule has 0 amide bonds. The third-order valence-corrected chi connectivity index (χ3v) is 3.28. The first-order chi connectivity index (χ1) is 10.4. The molecule has 0 aromatic carbocycles. The molecule has 0 aliphatic heterocycles. The fourth-order valence-electron chi connectivity index (χ4n) is 2.09. The van der Waals surface area contributed by atoms with Gasteiger partial charge in [0.05, 0.1) is 6.61 Å². The van der Waals surface area contributed by atoms with Crippen LogP contribution in [-0.4, -0.2) is 24.3 Å². The number of rotatable bonds is 10. The van der Waals surface area contributed by atoms with E-state index in [0.717, 1.165) is 32.1 Å². The van der Waals surface area contributed by atoms with Gasteiger partial charge in [-0.2, -0.15) is 13.2 Å². The van der Waals surface area contributed by atoms with E-state index in [4.69, 9.17) is 4.74 Å². The van der Waals surface area contributed by atoms with E-state index in [-0.39, 0.29) is 23.7 Å². The molecule has 3 nitrogen and oxygen atoms in total. The van der Waals surface area contributed by atoms with Gasteiger partial charge in [-0.1, -0.05) is 32.1 Å². The van der Waals surface area contributed by atoms with Crippen LogP contribution < -0.4 is 0 Å². The number of ketones is 2. The zero-order chi connectivity index (χ0) is 16.4. The van der Waals surface area contributed by atoms with Crippen LogP contribution in [0.2, 0.25) is 0 Å². The predicted octanol–water partition coefficient (Wildman–Crippen LogP) is 4.28. The van der Waals surface area contributed by atoms with Crippen LogP contribution in [0.15, 0.2) is 24.0 Å². The summed E-state index contributed by atoms with van der Waals surface area (Å²) < 4.78 is 41.0. The van der Waals surface area contributed by atoms with E-state index in [9.17, 15) is 22.8 Å². The Morgan fingerprint density at radius 1 is 0.864 bits per heavy atom. The Bertz CT molecular complexity index is 436. The zero-order valence-electron chi connectivity index (χ0n) is 12.5. The minimum Gasteiger partial charge on any atom is -0.489 e. The fraction of sp³-hybridized carbons (Fsp3) is 0.625. The maximum atomic E-state index is 11.9. The summed E-state index contributed by atoms with van der Waals surface area (Å²) in [6.07, 6.45) is 3.93. The number of hydrogen-bond donors (Lipinski definition) is 0. The van der Waals surface area contributed by atoms with Crippen molar-refractivity contribution in [2.75, 3.05) is 6.61 Å². The van der Waals surface area contributed by atoms with E-state index in [2.05, 4.69) is 0 Å². The molecular formula is C16H21F3O3. The molecular weight excluding hydrogens is 297 g/mol. The molecule has 0 fully saturated rings. The summed E-state index contributed by atoms with van der Waals surface area (Å²) in [5.41, 5.74) is 0. The first-order valence-corrected chi connectivity index (χ1v) is 7.56. The molecule has 22 heavy (non-hydrogen) atoms. The van der Waals surface area contributed by atoms with E-state index < -0.39 is 12.6 Å². The van der Waals surface area contributed by atoms with Gasteiger partial charge in [0, 0.05) is 12.5 Å². The second-order valence-corrected chi connectivity index (χ2v) is 5.30. The zero-order valence-corrected chi connectivity index (χ0v) is 12.5. The first kappa shape index (κ1) is 18.5. The lowest BCUT2D eigenvalue weighted by molar-refractivity contribution is -0.135. The SMILES string of the molecule is O=C1C=CC(=O)C(OCCCCCCCCCC(F)(F)F)=C1. The molecule has 0 spiro atoms. The van der Waals surface area contributed by atoms with Gasteiger partial charge in [0.25, 0.3) is 0 Å². The number of halogens is 3. The maximum absolute atomic E-state index is 11.9. The van der Waals surface area contributed by atoms with Gasteiger partial charge in [0.15, 0.2) is 11.5 Å². The van der Waals surface area contributed by atoms with E-state index in [0.29, 0.717) is 13.0 Å². The minimum absolute atomic E-state index is 0.0830. The number of alkyl halides is 3. The molecule has 0 atom stereocenters. The highest BCUT2D eigenvalue weighted by molar-refractivity contribution is 6.16. The van der Waals surface area contributed by atoms with Crippen LogP contribution in [-0.2, 0) is 14.3 Å². The third kappa shape index (κ3) is 8.64. The van der Waals surface area contributed by atoms with Gasteiger partial charge >= 0.3 is 6.18 Å². The number of unbranched alkanes of at least 4 members (excludes halogenated alkanes) is 6. The van der Waals surface area contributed by atoms with E-state index >= 15 is 0 Å². The molecule has 0 N–H and O–H groups in total. The smallest absolute Gasteiger partial charge is 0.389 e. The molecule has 0 heterocycles. The summed E-state index contributed by atoms with van der Waals surface area (Å²) in [4.78, 5) is 22.4. The summed E-state index contributed by atoms with van der Waals surface area (Å²) >= 11 is 0. The molecule has 0 bridgehead atoms. The molecule has 0 radical (unpaired) electrons. The number of carbonyl (C=O) groups is 2. The number of carbonyl (C=O) groups excluding carboxylic acids is 2. The standard InChI is InChI=1S/C16H21F3O3/c17-16(18,19)10-6-4-2-1-3-5-7-11-22-15-12-13(20)8-9-14(15)21/h8-9,12H,1-7,10-11H2. The molecule has 0 saturated heterocycles. The van der Waals surface area contributed by atoms with E-state index in [1.165, 1.54) is 18.2 Å². The first-order valence-electron chi connectivity index (χ1n) is 7.56. The average Bonchev–Trinajstić information content (AvgIpc) is 2.43. The fourth-order valence-corrected chi connectivity index (χ4v) is 2.09. The molecule has 0 aromatic heterocycles. The van der Waals surface area contributed by atoms with Crippen molar-refractivity contribution in [3.05, 3.63) is 24.0 Å². The van der Waals surface area contributed by atoms with E-state index in [1.807, 2.05) is 0 Å². The lowest BCUT2D eigenvalue weighted by Gasteiger charge is -2.09. The number of hydrogen-bond acceptors (Lipinski definition) is 3. The van der Waals surface area contributed by atoms with Crippen LogP contribution in [0.4, 0.5) is 13.2 Å². The topological polar surface area (TPSA) is 43.4 Å². The molecule has 124 valence electrons. The molecule has 0 aromatic rings. The Balaban J connectivity index is 1.94. The van der Waals surface area contributed by atoms with Crippen molar-refractivity contribution in [1.29, 1.82) is 0 Å². The van der Waals surface area contributed by atoms with Gasteiger partial charge in [-0.15, -0.1) is 0 Å². The minimum atomic E-state index is -4.04. The van der Waals surface area contributed by atoms with Crippen molar-refractivity contribution < 1.29 is 27.5 Å². The van der Waals surface area contributed by atoms with Crippen molar-refractivity contribution in [3.63, 3.8) is 0 Å². The lowest BCUT2D eigenvalue weighted by atomic mass is 10.1. The third-order valence-electron chi connectivity index (χ3n) is 3.28. The largest absolute Gasteiger partial charge is 0.489 e. The van der Waals surface area contributed by atoms with Crippen molar-refractivity contribution in [3.8, 4) is 0 Å². The van der Waals surface area contributed by atoms with E-state index in [1.54, 1.807) is 0 Å². The molecule has 1 rings (SSSR count). The van der Waals surface area contributed by atoms with Crippen molar-refractivity contribution in [2.45, 2.75) is 57.5 Å². The second kappa shape index (κ2) is 9.43.